The molecule has 32 heavy (non-hydrogen) atoms. The predicted molar refractivity (Wildman–Crippen MR) is 106 cm³/mol. The van der Waals surface area contributed by atoms with E-state index in [0.29, 0.717) is 5.71 Å². The van der Waals surface area contributed by atoms with E-state index in [0.717, 1.165) is 12.1 Å². The first kappa shape index (κ1) is 24.6. The minimum atomic E-state index is -5.11. The van der Waals surface area contributed by atoms with Gasteiger partial charge < -0.3 is 14.2 Å². The number of rotatable bonds is 7. The average Bonchev–Trinajstić information content (AvgIpc) is 2.70. The molecule has 0 saturated heterocycles. The Labute approximate surface area is 180 Å². The van der Waals surface area contributed by atoms with E-state index in [-0.39, 0.29) is 18.0 Å². The fraction of sp³-hybridized carbons (Fsp3) is 0.312. The maximum absolute atomic E-state index is 12.8. The summed E-state index contributed by atoms with van der Waals surface area (Å²) in [5, 5.41) is 6.27. The van der Waals surface area contributed by atoms with Crippen LogP contribution in [0.3, 0.4) is 0 Å². The molecule has 1 aromatic heterocycles. The largest absolute Gasteiger partial charge is 0.573 e. The third-order valence-corrected chi connectivity index (χ3v) is 4.46. The molecule has 0 unspecified atom stereocenters. The number of nitrogens with one attached hydrogen (secondary N) is 2. The summed E-state index contributed by atoms with van der Waals surface area (Å²) in [4.78, 5) is 10.7. The third-order valence-electron chi connectivity index (χ3n) is 3.14. The molecule has 2 aromatic rings. The number of anilines is 1. The zero-order valence-corrected chi connectivity index (χ0v) is 17.9. The molecule has 0 fully saturated rings. The molecular formula is C16H18F3N7O5S. The molecule has 0 aliphatic rings. The average molecular weight is 477 g/mol. The minimum Gasteiger partial charge on any atom is -0.467 e. The molecule has 0 aliphatic heterocycles. The number of methoxy groups -OCH3 is 2. The Morgan fingerprint density at radius 3 is 2.16 bits per heavy atom. The summed E-state index contributed by atoms with van der Waals surface area (Å²) in [6.45, 7) is 3.20. The summed E-state index contributed by atoms with van der Waals surface area (Å²) in [5.41, 5.74) is 2.81. The number of nitrogens with zero attached hydrogens (tertiary/aromatic N) is 5. The van der Waals surface area contributed by atoms with Gasteiger partial charge >= 0.3 is 18.4 Å². The zero-order chi connectivity index (χ0) is 23.9. The lowest BCUT2D eigenvalue weighted by molar-refractivity contribution is -0.275. The van der Waals surface area contributed by atoms with Crippen molar-refractivity contribution in [1.82, 2.24) is 20.4 Å². The molecule has 1 heterocycles. The maximum Gasteiger partial charge on any atom is 0.573 e. The summed E-state index contributed by atoms with van der Waals surface area (Å²) >= 11 is 0. The number of aromatic nitrogens is 3. The first-order chi connectivity index (χ1) is 14.9. The normalized spacial score (nSPS) is 12.0. The van der Waals surface area contributed by atoms with Gasteiger partial charge in [0.15, 0.2) is 0 Å². The van der Waals surface area contributed by atoms with Gasteiger partial charge in [-0.05, 0) is 26.0 Å². The van der Waals surface area contributed by atoms with Crippen molar-refractivity contribution in [3.63, 3.8) is 0 Å². The third kappa shape index (κ3) is 7.22. The van der Waals surface area contributed by atoms with E-state index in [1.807, 2.05) is 0 Å². The lowest BCUT2D eigenvalue weighted by Gasteiger charge is -2.13. The number of sulfonamides is 1. The van der Waals surface area contributed by atoms with Crippen molar-refractivity contribution in [2.24, 2.45) is 9.50 Å². The summed E-state index contributed by atoms with van der Waals surface area (Å²) in [7, 11) is -2.17. The molecule has 0 amide bonds. The van der Waals surface area contributed by atoms with E-state index in [2.05, 4.69) is 39.9 Å². The van der Waals surface area contributed by atoms with Gasteiger partial charge in [0.05, 0.1) is 14.2 Å². The monoisotopic (exact) mass is 477 g/mol. The minimum absolute atomic E-state index is 0.166. The molecule has 0 atom stereocenters. The lowest BCUT2D eigenvalue weighted by Crippen LogP contribution is -2.29. The second kappa shape index (κ2) is 10.1. The van der Waals surface area contributed by atoms with Crippen LogP contribution >= 0.6 is 0 Å². The van der Waals surface area contributed by atoms with Crippen LogP contribution in [0.5, 0.6) is 17.8 Å². The van der Waals surface area contributed by atoms with Gasteiger partial charge in [-0.15, -0.1) is 22.6 Å². The molecular weight excluding hydrogens is 459 g/mol. The quantitative estimate of drug-likeness (QED) is 0.344. The van der Waals surface area contributed by atoms with Crippen LogP contribution in [0.25, 0.3) is 0 Å². The van der Waals surface area contributed by atoms with E-state index in [1.54, 1.807) is 13.8 Å². The predicted octanol–water partition coefficient (Wildman–Crippen LogP) is 1.93. The number of ether oxygens (including phenoxy) is 3. The van der Waals surface area contributed by atoms with Crippen molar-refractivity contribution in [2.45, 2.75) is 25.1 Å². The molecule has 0 bridgehead atoms. The van der Waals surface area contributed by atoms with Crippen molar-refractivity contribution < 1.29 is 35.8 Å². The van der Waals surface area contributed by atoms with E-state index in [9.17, 15) is 21.6 Å². The van der Waals surface area contributed by atoms with Gasteiger partial charge in [0, 0.05) is 5.71 Å². The van der Waals surface area contributed by atoms with Gasteiger partial charge in [0.25, 0.3) is 10.0 Å². The summed E-state index contributed by atoms with van der Waals surface area (Å²) in [6, 6.07) is 3.80. The topological polar surface area (TPSA) is 149 Å². The summed E-state index contributed by atoms with van der Waals surface area (Å²) in [5.74, 6) is -1.75. The van der Waals surface area contributed by atoms with Crippen molar-refractivity contribution in [2.75, 3.05) is 19.5 Å². The van der Waals surface area contributed by atoms with E-state index < -0.39 is 33.0 Å². The molecule has 12 nitrogen and oxygen atoms in total. The highest BCUT2D eigenvalue weighted by atomic mass is 32.2. The van der Waals surface area contributed by atoms with Gasteiger partial charge in [0.2, 0.25) is 11.9 Å². The smallest absolute Gasteiger partial charge is 0.467 e. The standard InChI is InChI=1S/C16H18F3N7O5S/c1-9(2)24-25-13(20-12-21-14(29-3)23-15(22-12)30-4)26-32(27,28)11-8-6-5-7-10(11)31-16(17,18)19/h5-8H,1-4H3,(H2,20,21,22,23,25,26). The van der Waals surface area contributed by atoms with Crippen LogP contribution < -0.4 is 25.0 Å². The van der Waals surface area contributed by atoms with Crippen molar-refractivity contribution in [1.29, 1.82) is 0 Å². The first-order valence-corrected chi connectivity index (χ1v) is 9.95. The fourth-order valence-electron chi connectivity index (χ4n) is 1.96. The Kier molecular flexibility index (Phi) is 7.74. The van der Waals surface area contributed by atoms with Crippen LogP contribution in [-0.2, 0) is 10.0 Å². The molecule has 0 saturated carbocycles. The molecule has 2 rings (SSSR count). The molecule has 1 aromatic carbocycles. The second-order valence-corrected chi connectivity index (χ2v) is 7.41. The number of benzene rings is 1. The Morgan fingerprint density at radius 2 is 1.62 bits per heavy atom. The molecule has 174 valence electrons. The Bertz CT molecular complexity index is 1100. The van der Waals surface area contributed by atoms with Crippen LogP contribution in [0, 0.1) is 0 Å². The second-order valence-electron chi connectivity index (χ2n) is 5.84. The fourth-order valence-corrected chi connectivity index (χ4v) is 3.00. The highest BCUT2D eigenvalue weighted by molar-refractivity contribution is 7.90. The van der Waals surface area contributed by atoms with E-state index >= 15 is 0 Å². The highest BCUT2D eigenvalue weighted by Gasteiger charge is 2.34. The highest BCUT2D eigenvalue weighted by Crippen LogP contribution is 2.30. The molecule has 0 radical (unpaired) electrons. The van der Waals surface area contributed by atoms with Crippen LogP contribution in [0.15, 0.2) is 38.7 Å². The molecule has 0 spiro atoms. The number of alkyl halides is 3. The van der Waals surface area contributed by atoms with Crippen molar-refractivity contribution >= 4 is 27.6 Å². The Hall–Kier alpha value is -3.69. The summed E-state index contributed by atoms with van der Waals surface area (Å²) in [6.07, 6.45) is -5.11. The summed E-state index contributed by atoms with van der Waals surface area (Å²) < 4.78 is 80.6. The van der Waals surface area contributed by atoms with Gasteiger partial charge in [-0.25, -0.2) is 5.43 Å². The number of hydrogen-bond donors (Lipinski definition) is 2. The Morgan fingerprint density at radius 1 is 1.03 bits per heavy atom. The maximum atomic E-state index is 12.8. The van der Waals surface area contributed by atoms with Crippen LogP contribution in [-0.4, -0.2) is 55.6 Å². The van der Waals surface area contributed by atoms with Gasteiger partial charge in [-0.2, -0.15) is 23.5 Å². The van der Waals surface area contributed by atoms with Gasteiger partial charge in [0.1, 0.15) is 10.6 Å². The van der Waals surface area contributed by atoms with Crippen molar-refractivity contribution in [3.05, 3.63) is 24.3 Å². The number of hydrazone groups is 1. The van der Waals surface area contributed by atoms with Crippen LogP contribution in [0.4, 0.5) is 19.1 Å². The van der Waals surface area contributed by atoms with E-state index in [4.69, 9.17) is 9.47 Å². The molecule has 0 aliphatic carbocycles. The lowest BCUT2D eigenvalue weighted by atomic mass is 10.3. The van der Waals surface area contributed by atoms with Crippen molar-refractivity contribution in [3.8, 4) is 17.8 Å². The molecule has 2 N–H and O–H groups in total. The first-order valence-electron chi connectivity index (χ1n) is 8.51. The van der Waals surface area contributed by atoms with Crippen LogP contribution in [0.2, 0.25) is 0 Å². The molecule has 16 heteroatoms. The number of para-hydroxylation sites is 1. The number of hydrogen-bond acceptors (Lipinski definition) is 9. The SMILES string of the molecule is COc1nc(NC(=NS(=O)(=O)c2ccccc2OC(F)(F)F)NN=C(C)C)nc(OC)n1. The number of guanidine groups is 1. The zero-order valence-electron chi connectivity index (χ0n) is 17.1. The van der Waals surface area contributed by atoms with E-state index in [1.165, 1.54) is 26.4 Å². The van der Waals surface area contributed by atoms with Gasteiger partial charge in [-0.3, -0.25) is 5.32 Å². The number of halogens is 3. The van der Waals surface area contributed by atoms with Crippen LogP contribution in [0.1, 0.15) is 13.8 Å². The Balaban J connectivity index is 2.52. The van der Waals surface area contributed by atoms with Gasteiger partial charge in [-0.1, -0.05) is 12.1 Å².